The molecule has 0 atom stereocenters. The van der Waals surface area contributed by atoms with Gasteiger partial charge in [0.1, 0.15) is 18.3 Å². The number of aromatic nitrogens is 2. The van der Waals surface area contributed by atoms with Crippen LogP contribution in [0.1, 0.15) is 11.1 Å². The molecule has 0 aliphatic carbocycles. The van der Waals surface area contributed by atoms with Crippen molar-refractivity contribution in [2.45, 2.75) is 0 Å². The van der Waals surface area contributed by atoms with Gasteiger partial charge in [0.15, 0.2) is 11.9 Å². The van der Waals surface area contributed by atoms with Crippen molar-refractivity contribution in [1.82, 2.24) is 4.98 Å². The molecule has 2 heterocycles. The van der Waals surface area contributed by atoms with Crippen molar-refractivity contribution in [1.29, 1.82) is 0 Å². The first-order valence-electron chi connectivity index (χ1n) is 8.00. The number of hydrogen-bond acceptors (Lipinski definition) is 3. The van der Waals surface area contributed by atoms with Crippen molar-refractivity contribution < 1.29 is 14.8 Å². The highest BCUT2D eigenvalue weighted by Crippen LogP contribution is 2.28. The maximum absolute atomic E-state index is 10.2. The maximum atomic E-state index is 10.2. The van der Waals surface area contributed by atoms with Crippen molar-refractivity contribution in [3.8, 4) is 11.5 Å². The highest BCUT2D eigenvalue weighted by atomic mass is 16.3. The summed E-state index contributed by atoms with van der Waals surface area (Å²) >= 11 is 0. The molecule has 0 saturated carbocycles. The fourth-order valence-electron chi connectivity index (χ4n) is 3.14. The van der Waals surface area contributed by atoms with E-state index in [4.69, 9.17) is 0 Å². The zero-order valence-corrected chi connectivity index (χ0v) is 13.7. The Balaban J connectivity index is 1.87. The van der Waals surface area contributed by atoms with Crippen LogP contribution in [-0.2, 0) is 7.05 Å². The lowest BCUT2D eigenvalue weighted by atomic mass is 10.0. The second-order valence-electron chi connectivity index (χ2n) is 5.96. The number of hydrogen-bond donors (Lipinski definition) is 2. The first-order valence-corrected chi connectivity index (χ1v) is 8.00. The molecule has 0 spiro atoms. The molecule has 4 nitrogen and oxygen atoms in total. The van der Waals surface area contributed by atoms with Gasteiger partial charge in [-0.15, -0.1) is 0 Å². The van der Waals surface area contributed by atoms with Crippen molar-refractivity contribution >= 4 is 34.0 Å². The molecule has 25 heavy (non-hydrogen) atoms. The first-order chi connectivity index (χ1) is 12.1. The summed E-state index contributed by atoms with van der Waals surface area (Å²) in [5, 5.41) is 22.0. The Bertz CT molecular complexity index is 1130. The number of phenols is 2. The number of phenolic OH excluding ortho intramolecular Hbond substituents is 2. The largest absolute Gasteiger partial charge is 0.506 e. The summed E-state index contributed by atoms with van der Waals surface area (Å²) < 4.78 is 1.90. The van der Waals surface area contributed by atoms with Crippen LogP contribution in [0.3, 0.4) is 0 Å². The van der Waals surface area contributed by atoms with Gasteiger partial charge in [-0.1, -0.05) is 30.4 Å². The smallest absolute Gasteiger partial charge is 0.255 e. The van der Waals surface area contributed by atoms with Crippen LogP contribution in [0.4, 0.5) is 0 Å². The number of fused-ring (bicyclic) bond motifs is 2. The molecule has 0 amide bonds. The highest BCUT2D eigenvalue weighted by Gasteiger charge is 2.12. The molecule has 2 aromatic heterocycles. The number of pyridine rings is 2. The maximum Gasteiger partial charge on any atom is 0.255 e. The van der Waals surface area contributed by atoms with Crippen LogP contribution in [0, 0.1) is 0 Å². The number of aromatic hydroxyl groups is 2. The van der Waals surface area contributed by atoms with Gasteiger partial charge in [-0.05, 0) is 35.4 Å². The molecule has 4 heteroatoms. The molecule has 0 aliphatic heterocycles. The Kier molecular flexibility index (Phi) is 3.58. The van der Waals surface area contributed by atoms with Gasteiger partial charge in [-0.2, -0.15) is 4.57 Å². The Morgan fingerprint density at radius 3 is 2.32 bits per heavy atom. The molecule has 4 rings (SSSR count). The zero-order chi connectivity index (χ0) is 17.4. The minimum atomic E-state index is 0.176. The molecule has 2 N–H and O–H groups in total. The van der Waals surface area contributed by atoms with Gasteiger partial charge in [0.05, 0.1) is 5.39 Å². The number of nitrogens with zero attached hydrogens (tertiary/aromatic N) is 2. The fraction of sp³-hybridized carbons (Fsp3) is 0.0476. The summed E-state index contributed by atoms with van der Waals surface area (Å²) in [7, 11) is 1.91. The average molecular weight is 329 g/mol. The molecular weight excluding hydrogens is 312 g/mol. The molecule has 0 unspecified atom stereocenters. The Labute approximate surface area is 144 Å². The van der Waals surface area contributed by atoms with E-state index in [1.165, 1.54) is 0 Å². The van der Waals surface area contributed by atoms with Crippen LogP contribution in [0.15, 0.2) is 60.9 Å². The van der Waals surface area contributed by atoms with Crippen molar-refractivity contribution in [3.63, 3.8) is 0 Å². The summed E-state index contributed by atoms with van der Waals surface area (Å²) in [4.78, 5) is 4.25. The minimum Gasteiger partial charge on any atom is -0.506 e. The second kappa shape index (κ2) is 5.91. The van der Waals surface area contributed by atoms with Crippen LogP contribution in [0.2, 0.25) is 0 Å². The molecule has 0 aliphatic rings. The Morgan fingerprint density at radius 1 is 0.840 bits per heavy atom. The van der Waals surface area contributed by atoms with Gasteiger partial charge < -0.3 is 10.2 Å². The number of para-hydroxylation sites is 2. The van der Waals surface area contributed by atoms with E-state index in [0.717, 1.165) is 27.4 Å². The van der Waals surface area contributed by atoms with Gasteiger partial charge in [0.2, 0.25) is 0 Å². The zero-order valence-electron chi connectivity index (χ0n) is 13.7. The van der Waals surface area contributed by atoms with E-state index in [9.17, 15) is 10.2 Å². The predicted molar refractivity (Wildman–Crippen MR) is 99.1 cm³/mol. The van der Waals surface area contributed by atoms with E-state index >= 15 is 0 Å². The van der Waals surface area contributed by atoms with Gasteiger partial charge in [-0.25, -0.2) is 0 Å². The lowest BCUT2D eigenvalue weighted by Gasteiger charge is -2.04. The van der Waals surface area contributed by atoms with Crippen LogP contribution < -0.4 is 4.57 Å². The summed E-state index contributed by atoms with van der Waals surface area (Å²) in [6, 6.07) is 14.8. The van der Waals surface area contributed by atoms with E-state index in [2.05, 4.69) is 4.98 Å². The van der Waals surface area contributed by atoms with Gasteiger partial charge >= 0.3 is 0 Å². The number of rotatable bonds is 2. The van der Waals surface area contributed by atoms with E-state index < -0.39 is 0 Å². The summed E-state index contributed by atoms with van der Waals surface area (Å²) in [6.07, 6.45) is 7.64. The molecule has 0 radical (unpaired) electrons. The second-order valence-corrected chi connectivity index (χ2v) is 5.96. The van der Waals surface area contributed by atoms with E-state index in [0.29, 0.717) is 5.52 Å². The minimum absolute atomic E-state index is 0.176. The van der Waals surface area contributed by atoms with Crippen LogP contribution in [0.25, 0.3) is 34.0 Å². The van der Waals surface area contributed by atoms with Crippen LogP contribution in [0.5, 0.6) is 11.5 Å². The molecule has 4 aromatic rings. The van der Waals surface area contributed by atoms with E-state index in [1.807, 2.05) is 66.4 Å². The Hall–Kier alpha value is -3.40. The summed E-state index contributed by atoms with van der Waals surface area (Å²) in [5.41, 5.74) is 3.37. The molecule has 0 saturated heterocycles. The third-order valence-corrected chi connectivity index (χ3v) is 4.38. The van der Waals surface area contributed by atoms with Crippen molar-refractivity contribution in [2.75, 3.05) is 0 Å². The standard InChI is InChI=1S/C21H16N2O2/c1-23-13-11-15(17-5-3-7-19(25)21(17)23)9-8-14-10-12-22-20-16(14)4-2-6-18(20)24/h2-13,25H,1H3/p+1. The quantitative estimate of drug-likeness (QED) is 0.550. The third kappa shape index (κ3) is 2.58. The number of aryl methyl sites for hydroxylation is 1. The van der Waals surface area contributed by atoms with E-state index in [-0.39, 0.29) is 11.5 Å². The summed E-state index contributed by atoms with van der Waals surface area (Å²) in [5.74, 6) is 0.435. The van der Waals surface area contributed by atoms with Crippen LogP contribution >= 0.6 is 0 Å². The molecule has 0 bridgehead atoms. The summed E-state index contributed by atoms with van der Waals surface area (Å²) in [6.45, 7) is 0. The number of benzene rings is 2. The van der Waals surface area contributed by atoms with Gasteiger partial charge in [-0.3, -0.25) is 4.98 Å². The molecule has 2 aromatic carbocycles. The van der Waals surface area contributed by atoms with Crippen molar-refractivity contribution in [2.24, 2.45) is 7.05 Å². The highest BCUT2D eigenvalue weighted by molar-refractivity contribution is 5.96. The topological polar surface area (TPSA) is 57.2 Å². The molecule has 0 fully saturated rings. The van der Waals surface area contributed by atoms with Crippen molar-refractivity contribution in [3.05, 3.63) is 72.1 Å². The molecule has 122 valence electrons. The van der Waals surface area contributed by atoms with Crippen LogP contribution in [-0.4, -0.2) is 15.2 Å². The normalized spacial score (nSPS) is 11.6. The third-order valence-electron chi connectivity index (χ3n) is 4.38. The SMILES string of the molecule is C[n+]1ccc(/C=C\c2ccnc3c(O)cccc23)c2cccc(O)c21. The van der Waals surface area contributed by atoms with Gasteiger partial charge in [0.25, 0.3) is 5.52 Å². The lowest BCUT2D eigenvalue weighted by Crippen LogP contribution is -2.28. The fourth-order valence-corrected chi connectivity index (χ4v) is 3.14. The first kappa shape index (κ1) is 15.1. The lowest BCUT2D eigenvalue weighted by molar-refractivity contribution is -0.645. The predicted octanol–water partition coefficient (Wildman–Crippen LogP) is 3.79. The average Bonchev–Trinajstić information content (AvgIpc) is 2.62. The van der Waals surface area contributed by atoms with E-state index in [1.54, 1.807) is 18.3 Å². The monoisotopic (exact) mass is 329 g/mol. The Morgan fingerprint density at radius 2 is 1.52 bits per heavy atom. The molecular formula is C21H17N2O2+. The van der Waals surface area contributed by atoms with Gasteiger partial charge in [0, 0.05) is 17.6 Å².